The van der Waals surface area contributed by atoms with Crippen LogP contribution in [-0.4, -0.2) is 24.2 Å². The van der Waals surface area contributed by atoms with Crippen LogP contribution in [0.2, 0.25) is 5.15 Å². The van der Waals surface area contributed by atoms with Gasteiger partial charge in [0, 0.05) is 13.2 Å². The highest BCUT2D eigenvalue weighted by Crippen LogP contribution is 2.32. The number of hydrogen-bond donors (Lipinski definition) is 1. The Kier molecular flexibility index (Phi) is 4.52. The van der Waals surface area contributed by atoms with E-state index in [1.807, 2.05) is 0 Å². The molecule has 7 heteroatoms. The summed E-state index contributed by atoms with van der Waals surface area (Å²) in [6, 6.07) is 1.76. The van der Waals surface area contributed by atoms with Gasteiger partial charge in [0.1, 0.15) is 11.0 Å². The zero-order valence-corrected chi connectivity index (χ0v) is 10.9. The molecule has 1 aromatic heterocycles. The predicted octanol–water partition coefficient (Wildman–Crippen LogP) is 3.73. The molecule has 3 nitrogen and oxygen atoms in total. The lowest BCUT2D eigenvalue weighted by Crippen LogP contribution is -2.27. The number of nitrogens with one attached hydrogen (secondary N) is 1. The first-order valence-electron chi connectivity index (χ1n) is 6.05. The quantitative estimate of drug-likeness (QED) is 0.863. The molecule has 0 amide bonds. The molecule has 1 saturated heterocycles. The first-order chi connectivity index (χ1) is 8.95. The van der Waals surface area contributed by atoms with Crippen LogP contribution in [0, 0.1) is 0 Å². The van der Waals surface area contributed by atoms with Gasteiger partial charge in [-0.2, -0.15) is 13.2 Å². The molecule has 1 N–H and O–H groups in total. The molecular formula is C12H14ClF3N2O. The van der Waals surface area contributed by atoms with E-state index in [0.29, 0.717) is 13.2 Å². The number of hydrogen-bond acceptors (Lipinski definition) is 3. The van der Waals surface area contributed by atoms with E-state index in [1.54, 1.807) is 0 Å². The molecular weight excluding hydrogens is 281 g/mol. The van der Waals surface area contributed by atoms with Gasteiger partial charge in [-0.15, -0.1) is 0 Å². The summed E-state index contributed by atoms with van der Waals surface area (Å²) >= 11 is 5.60. The van der Waals surface area contributed by atoms with Crippen LogP contribution in [0.4, 0.5) is 19.0 Å². The fourth-order valence-electron chi connectivity index (χ4n) is 1.94. The van der Waals surface area contributed by atoms with Crippen molar-refractivity contribution in [2.75, 3.05) is 18.5 Å². The van der Waals surface area contributed by atoms with Crippen molar-refractivity contribution >= 4 is 17.4 Å². The molecule has 1 aliphatic rings. The highest BCUT2D eigenvalue weighted by Gasteiger charge is 2.31. The topological polar surface area (TPSA) is 34.2 Å². The maximum absolute atomic E-state index is 12.6. The van der Waals surface area contributed by atoms with Crippen molar-refractivity contribution in [3.8, 4) is 0 Å². The van der Waals surface area contributed by atoms with Gasteiger partial charge in [0.25, 0.3) is 0 Å². The van der Waals surface area contributed by atoms with Crippen molar-refractivity contribution in [1.29, 1.82) is 0 Å². The second-order valence-electron chi connectivity index (χ2n) is 4.43. The Hall–Kier alpha value is -1.01. The molecule has 0 bridgehead atoms. The van der Waals surface area contributed by atoms with Crippen molar-refractivity contribution in [3.05, 3.63) is 22.8 Å². The Labute approximate surface area is 114 Å². The van der Waals surface area contributed by atoms with Crippen molar-refractivity contribution in [1.82, 2.24) is 4.98 Å². The fraction of sp³-hybridized carbons (Fsp3) is 0.583. The fourth-order valence-corrected chi connectivity index (χ4v) is 2.15. The average molecular weight is 295 g/mol. The summed E-state index contributed by atoms with van der Waals surface area (Å²) < 4.78 is 43.3. The van der Waals surface area contributed by atoms with Gasteiger partial charge in [-0.3, -0.25) is 0 Å². The summed E-state index contributed by atoms with van der Waals surface area (Å²) in [5.41, 5.74) is -0.806. The maximum atomic E-state index is 12.6. The summed E-state index contributed by atoms with van der Waals surface area (Å²) in [6.07, 6.45) is -1.40. The van der Waals surface area contributed by atoms with Crippen LogP contribution in [0.25, 0.3) is 0 Å². The van der Waals surface area contributed by atoms with Crippen molar-refractivity contribution in [2.45, 2.75) is 31.5 Å². The van der Waals surface area contributed by atoms with Crippen molar-refractivity contribution < 1.29 is 17.9 Å². The van der Waals surface area contributed by atoms with E-state index in [4.69, 9.17) is 16.3 Å². The lowest BCUT2D eigenvalue weighted by Gasteiger charge is -2.23. The predicted molar refractivity (Wildman–Crippen MR) is 66.3 cm³/mol. The van der Waals surface area contributed by atoms with E-state index >= 15 is 0 Å². The number of halogens is 4. The smallest absolute Gasteiger partial charge is 0.376 e. The van der Waals surface area contributed by atoms with Gasteiger partial charge in [-0.05, 0) is 31.4 Å². The lowest BCUT2D eigenvalue weighted by molar-refractivity contribution is -0.137. The van der Waals surface area contributed by atoms with Crippen LogP contribution < -0.4 is 5.32 Å². The molecule has 2 heterocycles. The third kappa shape index (κ3) is 4.24. The van der Waals surface area contributed by atoms with Crippen LogP contribution >= 0.6 is 11.6 Å². The van der Waals surface area contributed by atoms with Crippen molar-refractivity contribution in [3.63, 3.8) is 0 Å². The number of rotatable bonds is 3. The molecule has 0 saturated carbocycles. The normalized spacial score (nSPS) is 20.3. The van der Waals surface area contributed by atoms with E-state index in [1.165, 1.54) is 0 Å². The Morgan fingerprint density at radius 1 is 1.37 bits per heavy atom. The maximum Gasteiger partial charge on any atom is 0.416 e. The van der Waals surface area contributed by atoms with Crippen LogP contribution in [0.3, 0.4) is 0 Å². The molecule has 106 valence electrons. The summed E-state index contributed by atoms with van der Waals surface area (Å²) in [5, 5.41) is 2.67. The highest BCUT2D eigenvalue weighted by molar-refractivity contribution is 6.29. The van der Waals surface area contributed by atoms with Gasteiger partial charge in [-0.1, -0.05) is 11.6 Å². The lowest BCUT2D eigenvalue weighted by atomic mass is 10.1. The van der Waals surface area contributed by atoms with E-state index in [9.17, 15) is 13.2 Å². The minimum absolute atomic E-state index is 0.0175. The molecule has 1 unspecified atom stereocenters. The van der Waals surface area contributed by atoms with Crippen molar-refractivity contribution in [2.24, 2.45) is 0 Å². The molecule has 1 aromatic rings. The van der Waals surface area contributed by atoms with Crippen LogP contribution in [0.1, 0.15) is 24.8 Å². The highest BCUT2D eigenvalue weighted by atomic mass is 35.5. The molecule has 0 spiro atoms. The third-order valence-corrected chi connectivity index (χ3v) is 3.10. The Morgan fingerprint density at radius 3 is 2.79 bits per heavy atom. The summed E-state index contributed by atoms with van der Waals surface area (Å²) in [4.78, 5) is 3.83. The van der Waals surface area contributed by atoms with E-state index < -0.39 is 11.7 Å². The number of aromatic nitrogens is 1. The van der Waals surface area contributed by atoms with E-state index in [2.05, 4.69) is 10.3 Å². The zero-order chi connectivity index (χ0) is 13.9. The Morgan fingerprint density at radius 2 is 2.16 bits per heavy atom. The van der Waals surface area contributed by atoms with E-state index in [-0.39, 0.29) is 17.1 Å². The molecule has 0 aliphatic carbocycles. The van der Waals surface area contributed by atoms with Gasteiger partial charge in [-0.25, -0.2) is 4.98 Å². The Balaban J connectivity index is 2.01. The monoisotopic (exact) mass is 294 g/mol. The summed E-state index contributed by atoms with van der Waals surface area (Å²) in [6.45, 7) is 1.13. The second kappa shape index (κ2) is 5.96. The first kappa shape index (κ1) is 14.4. The van der Waals surface area contributed by atoms with Gasteiger partial charge in [0.05, 0.1) is 11.7 Å². The number of pyridine rings is 1. The largest absolute Gasteiger partial charge is 0.416 e. The third-order valence-electron chi connectivity index (χ3n) is 2.91. The minimum atomic E-state index is -4.43. The number of ether oxygens (including phenoxy) is 1. The SMILES string of the molecule is FC(F)(F)c1cc(Cl)nc(NCC2CCCCO2)c1. The molecule has 1 fully saturated rings. The second-order valence-corrected chi connectivity index (χ2v) is 4.82. The number of anilines is 1. The molecule has 1 atom stereocenters. The van der Waals surface area contributed by atoms with Gasteiger partial charge in [0.2, 0.25) is 0 Å². The number of nitrogens with zero attached hydrogens (tertiary/aromatic N) is 1. The van der Waals surface area contributed by atoms with E-state index in [0.717, 1.165) is 31.4 Å². The van der Waals surface area contributed by atoms with Gasteiger partial charge in [0.15, 0.2) is 0 Å². The summed E-state index contributed by atoms with van der Waals surface area (Å²) in [5.74, 6) is 0.119. The molecule has 0 aromatic carbocycles. The molecule has 0 radical (unpaired) electrons. The van der Waals surface area contributed by atoms with Gasteiger partial charge >= 0.3 is 6.18 Å². The first-order valence-corrected chi connectivity index (χ1v) is 6.43. The zero-order valence-electron chi connectivity index (χ0n) is 10.1. The van der Waals surface area contributed by atoms with Crippen LogP contribution in [-0.2, 0) is 10.9 Å². The van der Waals surface area contributed by atoms with Crippen LogP contribution in [0.5, 0.6) is 0 Å². The molecule has 2 rings (SSSR count). The number of alkyl halides is 3. The standard InChI is InChI=1S/C12H14ClF3N2O/c13-10-5-8(12(14,15)16)6-11(18-10)17-7-9-3-1-2-4-19-9/h5-6,9H,1-4,7H2,(H,17,18). The van der Waals surface area contributed by atoms with Crippen LogP contribution in [0.15, 0.2) is 12.1 Å². The Bertz CT molecular complexity index is 433. The van der Waals surface area contributed by atoms with Gasteiger partial charge < -0.3 is 10.1 Å². The molecule has 1 aliphatic heterocycles. The summed E-state index contributed by atoms with van der Waals surface area (Å²) in [7, 11) is 0. The molecule has 19 heavy (non-hydrogen) atoms. The minimum Gasteiger partial charge on any atom is -0.376 e. The average Bonchev–Trinajstić information content (AvgIpc) is 2.36.